The summed E-state index contributed by atoms with van der Waals surface area (Å²) in [6, 6.07) is 0. The van der Waals surface area contributed by atoms with Crippen LogP contribution in [0.2, 0.25) is 0 Å². The zero-order chi connectivity index (χ0) is 7.33. The first kappa shape index (κ1) is 8.87. The van der Waals surface area contributed by atoms with Crippen molar-refractivity contribution in [3.63, 3.8) is 0 Å². The minimum atomic E-state index is -3.18. The minimum Gasteiger partial charge on any atom is -0.205 e. The average molecular weight is 152 g/mol. The molecule has 0 saturated heterocycles. The van der Waals surface area contributed by atoms with Crippen molar-refractivity contribution < 1.29 is 8.42 Å². The Kier molecular flexibility index (Phi) is 3.76. The quantitative estimate of drug-likeness (QED) is 0.568. The van der Waals surface area contributed by atoms with Gasteiger partial charge in [0.15, 0.2) is 0 Å². The van der Waals surface area contributed by atoms with E-state index in [1.807, 2.05) is 6.92 Å². The van der Waals surface area contributed by atoms with Crippen LogP contribution in [0.5, 0.6) is 0 Å². The van der Waals surface area contributed by atoms with E-state index in [4.69, 9.17) is 0 Å². The molecule has 9 heavy (non-hydrogen) atoms. The zero-order valence-electron chi connectivity index (χ0n) is 5.64. The Bertz CT molecular complexity index is 152. The second kappa shape index (κ2) is 3.81. The first-order valence-electron chi connectivity index (χ1n) is 2.80. The summed E-state index contributed by atoms with van der Waals surface area (Å²) in [5.41, 5.74) is 0. The first-order valence-corrected chi connectivity index (χ1v) is 4.29. The number of hydrogen-bond donors (Lipinski definition) is 2. The Hall–Kier alpha value is -0.130. The van der Waals surface area contributed by atoms with Gasteiger partial charge in [0.2, 0.25) is 0 Å². The van der Waals surface area contributed by atoms with E-state index in [1.165, 1.54) is 7.05 Å². The Labute approximate surface area is 55.8 Å². The third kappa shape index (κ3) is 4.38. The Morgan fingerprint density at radius 1 is 1.44 bits per heavy atom. The standard InChI is InChI=1S/C4H12N2O2S/c1-3-4-6-9(7,8)5-2/h5-6H,3-4H2,1-2H3. The molecule has 0 aliphatic rings. The third-order valence-electron chi connectivity index (χ3n) is 0.811. The van der Waals surface area contributed by atoms with Crippen LogP contribution in [0.1, 0.15) is 13.3 Å². The van der Waals surface area contributed by atoms with Gasteiger partial charge >= 0.3 is 0 Å². The van der Waals surface area contributed by atoms with Gasteiger partial charge in [-0.2, -0.15) is 8.42 Å². The van der Waals surface area contributed by atoms with E-state index in [0.29, 0.717) is 6.54 Å². The fourth-order valence-electron chi connectivity index (χ4n) is 0.309. The maximum absolute atomic E-state index is 10.5. The van der Waals surface area contributed by atoms with Gasteiger partial charge < -0.3 is 0 Å². The average Bonchev–Trinajstić information content (AvgIpc) is 1.84. The van der Waals surface area contributed by atoms with E-state index in [0.717, 1.165) is 6.42 Å². The second-order valence-corrected chi connectivity index (χ2v) is 3.31. The van der Waals surface area contributed by atoms with Crippen LogP contribution in [0.15, 0.2) is 0 Å². The van der Waals surface area contributed by atoms with E-state index >= 15 is 0 Å². The van der Waals surface area contributed by atoms with E-state index in [-0.39, 0.29) is 0 Å². The molecule has 0 bridgehead atoms. The molecule has 0 rings (SSSR count). The van der Waals surface area contributed by atoms with Crippen LogP contribution in [-0.2, 0) is 10.2 Å². The lowest BCUT2D eigenvalue weighted by molar-refractivity contribution is 0.572. The summed E-state index contributed by atoms with van der Waals surface area (Å²) in [7, 11) is -1.81. The van der Waals surface area contributed by atoms with Crippen molar-refractivity contribution in [3.05, 3.63) is 0 Å². The highest BCUT2D eigenvalue weighted by molar-refractivity contribution is 7.87. The highest BCUT2D eigenvalue weighted by Crippen LogP contribution is 1.74. The second-order valence-electron chi connectivity index (χ2n) is 1.60. The molecule has 4 nitrogen and oxygen atoms in total. The molecule has 0 aliphatic carbocycles. The maximum atomic E-state index is 10.5. The Morgan fingerprint density at radius 2 is 2.00 bits per heavy atom. The number of nitrogens with one attached hydrogen (secondary N) is 2. The van der Waals surface area contributed by atoms with Crippen molar-refractivity contribution in [1.29, 1.82) is 0 Å². The van der Waals surface area contributed by atoms with Crippen LogP contribution in [-0.4, -0.2) is 22.0 Å². The van der Waals surface area contributed by atoms with Crippen molar-refractivity contribution in [2.75, 3.05) is 13.6 Å². The molecule has 0 fully saturated rings. The summed E-state index contributed by atoms with van der Waals surface area (Å²) in [4.78, 5) is 0. The van der Waals surface area contributed by atoms with E-state index < -0.39 is 10.2 Å². The van der Waals surface area contributed by atoms with Crippen LogP contribution in [0.3, 0.4) is 0 Å². The third-order valence-corrected chi connectivity index (χ3v) is 1.93. The molecule has 0 spiro atoms. The van der Waals surface area contributed by atoms with Gasteiger partial charge in [0, 0.05) is 13.6 Å². The lowest BCUT2D eigenvalue weighted by Gasteiger charge is -2.00. The summed E-state index contributed by atoms with van der Waals surface area (Å²) < 4.78 is 25.5. The van der Waals surface area contributed by atoms with Crippen LogP contribution in [0.4, 0.5) is 0 Å². The van der Waals surface area contributed by atoms with Gasteiger partial charge in [0.1, 0.15) is 0 Å². The number of hydrogen-bond acceptors (Lipinski definition) is 2. The van der Waals surface area contributed by atoms with Crippen molar-refractivity contribution in [2.45, 2.75) is 13.3 Å². The molecule has 0 aromatic rings. The topological polar surface area (TPSA) is 58.2 Å². The molecular formula is C4H12N2O2S. The van der Waals surface area contributed by atoms with Crippen LogP contribution >= 0.6 is 0 Å². The SMILES string of the molecule is CCCNS(=O)(=O)NC. The summed E-state index contributed by atoms with van der Waals surface area (Å²) >= 11 is 0. The highest BCUT2D eigenvalue weighted by atomic mass is 32.2. The molecule has 0 saturated carbocycles. The molecular weight excluding hydrogens is 140 g/mol. The van der Waals surface area contributed by atoms with Gasteiger partial charge in [-0.3, -0.25) is 0 Å². The first-order chi connectivity index (χ1) is 4.12. The van der Waals surface area contributed by atoms with Crippen molar-refractivity contribution in [3.8, 4) is 0 Å². The lowest BCUT2D eigenvalue weighted by Crippen LogP contribution is -2.34. The monoisotopic (exact) mass is 152 g/mol. The van der Waals surface area contributed by atoms with Gasteiger partial charge in [0.05, 0.1) is 0 Å². The van der Waals surface area contributed by atoms with Gasteiger partial charge in [-0.05, 0) is 6.42 Å². The highest BCUT2D eigenvalue weighted by Gasteiger charge is 2.01. The molecule has 0 atom stereocenters. The largest absolute Gasteiger partial charge is 0.276 e. The van der Waals surface area contributed by atoms with Crippen LogP contribution < -0.4 is 9.44 Å². The molecule has 0 radical (unpaired) electrons. The molecule has 0 aliphatic heterocycles. The normalized spacial score (nSPS) is 11.8. The van der Waals surface area contributed by atoms with Gasteiger partial charge in [-0.1, -0.05) is 6.92 Å². The Morgan fingerprint density at radius 3 is 2.33 bits per heavy atom. The van der Waals surface area contributed by atoms with Crippen molar-refractivity contribution >= 4 is 10.2 Å². The Balaban J connectivity index is 3.61. The van der Waals surface area contributed by atoms with E-state index in [1.54, 1.807) is 0 Å². The predicted molar refractivity (Wildman–Crippen MR) is 36.3 cm³/mol. The summed E-state index contributed by atoms with van der Waals surface area (Å²) in [6.45, 7) is 2.39. The molecule has 0 heterocycles. The smallest absolute Gasteiger partial charge is 0.205 e. The van der Waals surface area contributed by atoms with E-state index in [2.05, 4.69) is 9.44 Å². The fraction of sp³-hybridized carbons (Fsp3) is 1.00. The molecule has 56 valence electrons. The van der Waals surface area contributed by atoms with E-state index in [9.17, 15) is 8.42 Å². The molecule has 0 aromatic carbocycles. The molecule has 0 aromatic heterocycles. The van der Waals surface area contributed by atoms with Crippen molar-refractivity contribution in [1.82, 2.24) is 9.44 Å². The zero-order valence-corrected chi connectivity index (χ0v) is 6.46. The lowest BCUT2D eigenvalue weighted by atomic mass is 10.5. The summed E-state index contributed by atoms with van der Waals surface area (Å²) in [6.07, 6.45) is 0.806. The minimum absolute atomic E-state index is 0.489. The van der Waals surface area contributed by atoms with Gasteiger partial charge in [0.25, 0.3) is 10.2 Å². The number of rotatable bonds is 4. The van der Waals surface area contributed by atoms with Crippen LogP contribution in [0, 0.1) is 0 Å². The van der Waals surface area contributed by atoms with Crippen molar-refractivity contribution in [2.24, 2.45) is 0 Å². The van der Waals surface area contributed by atoms with Gasteiger partial charge in [-0.25, -0.2) is 9.44 Å². The summed E-state index contributed by atoms with van der Waals surface area (Å²) in [5, 5.41) is 0. The maximum Gasteiger partial charge on any atom is 0.276 e. The van der Waals surface area contributed by atoms with Crippen LogP contribution in [0.25, 0.3) is 0 Å². The summed E-state index contributed by atoms with van der Waals surface area (Å²) in [5.74, 6) is 0. The molecule has 2 N–H and O–H groups in total. The molecule has 0 amide bonds. The van der Waals surface area contributed by atoms with Gasteiger partial charge in [-0.15, -0.1) is 0 Å². The molecule has 0 unspecified atom stereocenters. The molecule has 5 heteroatoms. The predicted octanol–water partition coefficient (Wildman–Crippen LogP) is -0.550. The fourth-order valence-corrected chi connectivity index (χ4v) is 0.926.